The zero-order valence-electron chi connectivity index (χ0n) is 8.76. The van der Waals surface area contributed by atoms with E-state index in [1.54, 1.807) is 19.1 Å². The van der Waals surface area contributed by atoms with E-state index >= 15 is 0 Å². The van der Waals surface area contributed by atoms with Crippen molar-refractivity contribution in [3.8, 4) is 0 Å². The number of halogens is 1. The molecule has 0 bridgehead atoms. The molecular weight excluding hydrogens is 250 g/mol. The Morgan fingerprint density at radius 2 is 2.25 bits per heavy atom. The second-order valence-electron chi connectivity index (χ2n) is 3.54. The van der Waals surface area contributed by atoms with Gasteiger partial charge in [-0.2, -0.15) is 4.31 Å². The van der Waals surface area contributed by atoms with E-state index in [9.17, 15) is 8.42 Å². The molecule has 16 heavy (non-hydrogen) atoms. The van der Waals surface area contributed by atoms with Gasteiger partial charge in [-0.15, -0.1) is 0 Å². The molecule has 1 aliphatic heterocycles. The van der Waals surface area contributed by atoms with E-state index in [-0.39, 0.29) is 4.90 Å². The lowest BCUT2D eigenvalue weighted by Gasteiger charge is -2.19. The fourth-order valence-corrected chi connectivity index (χ4v) is 3.48. The fraction of sp³-hybridized carbons (Fsp3) is 0.400. The Labute approximate surface area is 99.8 Å². The molecule has 1 aliphatic rings. The van der Waals surface area contributed by atoms with Crippen LogP contribution in [0.25, 0.3) is 0 Å². The highest BCUT2D eigenvalue weighted by atomic mass is 35.5. The third-order valence-electron chi connectivity index (χ3n) is 2.48. The number of nitrogens with zero attached hydrogens (tertiary/aromatic N) is 1. The number of rotatable bonds is 2. The van der Waals surface area contributed by atoms with Crippen LogP contribution in [-0.2, 0) is 14.8 Å². The Morgan fingerprint density at radius 3 is 2.81 bits per heavy atom. The van der Waals surface area contributed by atoms with Crippen LogP contribution < -0.4 is 0 Å². The maximum Gasteiger partial charge on any atom is 0.245 e. The summed E-state index contributed by atoms with van der Waals surface area (Å²) in [6, 6.07) is 6.25. The SMILES string of the molecule is CC1OCCN1S(=O)(=O)c1cccc(Cl)c1. The van der Waals surface area contributed by atoms with Crippen molar-refractivity contribution in [2.24, 2.45) is 0 Å². The van der Waals surface area contributed by atoms with Crippen LogP contribution in [0.4, 0.5) is 0 Å². The van der Waals surface area contributed by atoms with Gasteiger partial charge in [0.1, 0.15) is 6.23 Å². The molecule has 0 aromatic heterocycles. The van der Waals surface area contributed by atoms with Crippen LogP contribution in [0.3, 0.4) is 0 Å². The van der Waals surface area contributed by atoms with Crippen LogP contribution in [0, 0.1) is 0 Å². The van der Waals surface area contributed by atoms with Crippen molar-refractivity contribution in [1.29, 1.82) is 0 Å². The van der Waals surface area contributed by atoms with Gasteiger partial charge in [-0.25, -0.2) is 8.42 Å². The van der Waals surface area contributed by atoms with Gasteiger partial charge in [-0.05, 0) is 25.1 Å². The largest absolute Gasteiger partial charge is 0.361 e. The number of hydrogen-bond donors (Lipinski definition) is 0. The van der Waals surface area contributed by atoms with Gasteiger partial charge in [-0.1, -0.05) is 17.7 Å². The summed E-state index contributed by atoms with van der Waals surface area (Å²) in [4.78, 5) is 0.206. The summed E-state index contributed by atoms with van der Waals surface area (Å²) in [5.41, 5.74) is 0. The van der Waals surface area contributed by atoms with Crippen molar-refractivity contribution in [2.75, 3.05) is 13.2 Å². The maximum atomic E-state index is 12.2. The quantitative estimate of drug-likeness (QED) is 0.814. The first-order valence-corrected chi connectivity index (χ1v) is 6.72. The van der Waals surface area contributed by atoms with E-state index in [0.717, 1.165) is 0 Å². The van der Waals surface area contributed by atoms with Crippen LogP contribution in [0.1, 0.15) is 6.92 Å². The molecule has 1 aromatic rings. The number of hydrogen-bond acceptors (Lipinski definition) is 3. The lowest BCUT2D eigenvalue weighted by Crippen LogP contribution is -2.34. The zero-order chi connectivity index (χ0) is 11.8. The third kappa shape index (κ3) is 2.08. The van der Waals surface area contributed by atoms with Crippen molar-refractivity contribution in [2.45, 2.75) is 18.0 Å². The second kappa shape index (κ2) is 4.33. The van der Waals surface area contributed by atoms with Crippen molar-refractivity contribution in [3.63, 3.8) is 0 Å². The third-order valence-corrected chi connectivity index (χ3v) is 4.66. The molecule has 0 aliphatic carbocycles. The average molecular weight is 262 g/mol. The van der Waals surface area contributed by atoms with Gasteiger partial charge in [0.05, 0.1) is 11.5 Å². The molecule has 1 heterocycles. The first kappa shape index (κ1) is 11.9. The molecule has 1 aromatic carbocycles. The minimum Gasteiger partial charge on any atom is -0.361 e. The molecule has 0 spiro atoms. The minimum atomic E-state index is -3.49. The number of benzene rings is 1. The molecule has 88 valence electrons. The van der Waals surface area contributed by atoms with E-state index in [2.05, 4.69) is 0 Å². The Hall–Kier alpha value is -0.620. The predicted octanol–water partition coefficient (Wildman–Crippen LogP) is 1.71. The molecule has 1 unspecified atom stereocenters. The molecule has 2 rings (SSSR count). The Bertz CT molecular complexity index is 489. The Morgan fingerprint density at radius 1 is 1.50 bits per heavy atom. The lowest BCUT2D eigenvalue weighted by molar-refractivity contribution is 0.0846. The predicted molar refractivity (Wildman–Crippen MR) is 60.8 cm³/mol. The van der Waals surface area contributed by atoms with Gasteiger partial charge in [0.2, 0.25) is 10.0 Å². The summed E-state index contributed by atoms with van der Waals surface area (Å²) < 4.78 is 30.9. The van der Waals surface area contributed by atoms with Crippen molar-refractivity contribution in [1.82, 2.24) is 4.31 Å². The Kier molecular flexibility index (Phi) is 3.21. The molecule has 6 heteroatoms. The van der Waals surface area contributed by atoms with Crippen molar-refractivity contribution >= 4 is 21.6 Å². The smallest absolute Gasteiger partial charge is 0.245 e. The fourth-order valence-electron chi connectivity index (χ4n) is 1.66. The highest BCUT2D eigenvalue weighted by Crippen LogP contribution is 2.23. The van der Waals surface area contributed by atoms with Crippen LogP contribution in [0.2, 0.25) is 5.02 Å². The van der Waals surface area contributed by atoms with Crippen LogP contribution in [-0.4, -0.2) is 32.1 Å². The molecule has 0 amide bonds. The molecule has 1 atom stereocenters. The standard InChI is InChI=1S/C10H12ClNO3S/c1-8-12(5-6-15-8)16(13,14)10-4-2-3-9(11)7-10/h2-4,7-8H,5-6H2,1H3. The second-order valence-corrected chi connectivity index (χ2v) is 5.87. The van der Waals surface area contributed by atoms with Crippen molar-refractivity contribution in [3.05, 3.63) is 29.3 Å². The molecule has 1 fully saturated rings. The molecule has 0 radical (unpaired) electrons. The highest BCUT2D eigenvalue weighted by Gasteiger charge is 2.33. The van der Waals surface area contributed by atoms with Gasteiger partial charge < -0.3 is 4.74 Å². The monoisotopic (exact) mass is 261 g/mol. The molecule has 4 nitrogen and oxygen atoms in total. The minimum absolute atomic E-state index is 0.206. The summed E-state index contributed by atoms with van der Waals surface area (Å²) in [5, 5.41) is 0.411. The van der Waals surface area contributed by atoms with Crippen LogP contribution in [0.5, 0.6) is 0 Å². The topological polar surface area (TPSA) is 46.6 Å². The summed E-state index contributed by atoms with van der Waals surface area (Å²) >= 11 is 5.78. The summed E-state index contributed by atoms with van der Waals surface area (Å²) in [6.07, 6.45) is -0.413. The summed E-state index contributed by atoms with van der Waals surface area (Å²) in [7, 11) is -3.49. The number of sulfonamides is 1. The molecular formula is C10H12ClNO3S. The Balaban J connectivity index is 2.39. The average Bonchev–Trinajstić information content (AvgIpc) is 2.65. The molecule has 0 N–H and O–H groups in total. The zero-order valence-corrected chi connectivity index (χ0v) is 10.3. The van der Waals surface area contributed by atoms with Gasteiger partial charge in [0.25, 0.3) is 0 Å². The van der Waals surface area contributed by atoms with E-state index in [1.807, 2.05) is 0 Å². The van der Waals surface area contributed by atoms with Crippen LogP contribution in [0.15, 0.2) is 29.2 Å². The van der Waals surface area contributed by atoms with Gasteiger partial charge in [-0.3, -0.25) is 0 Å². The molecule has 0 saturated carbocycles. The molecule has 1 saturated heterocycles. The normalized spacial score (nSPS) is 22.5. The van der Waals surface area contributed by atoms with Crippen LogP contribution >= 0.6 is 11.6 Å². The van der Waals surface area contributed by atoms with Gasteiger partial charge >= 0.3 is 0 Å². The maximum absolute atomic E-state index is 12.2. The first-order valence-electron chi connectivity index (χ1n) is 4.91. The van der Waals surface area contributed by atoms with E-state index in [0.29, 0.717) is 18.2 Å². The lowest BCUT2D eigenvalue weighted by atomic mass is 10.4. The van der Waals surface area contributed by atoms with E-state index in [4.69, 9.17) is 16.3 Å². The van der Waals surface area contributed by atoms with E-state index in [1.165, 1.54) is 16.4 Å². The highest BCUT2D eigenvalue weighted by molar-refractivity contribution is 7.89. The first-order chi connectivity index (χ1) is 7.51. The number of ether oxygens (including phenoxy) is 1. The van der Waals surface area contributed by atoms with Gasteiger partial charge in [0, 0.05) is 11.6 Å². The van der Waals surface area contributed by atoms with Gasteiger partial charge in [0.15, 0.2) is 0 Å². The summed E-state index contributed by atoms with van der Waals surface area (Å²) in [5.74, 6) is 0. The van der Waals surface area contributed by atoms with E-state index < -0.39 is 16.3 Å². The van der Waals surface area contributed by atoms with Crippen molar-refractivity contribution < 1.29 is 13.2 Å². The summed E-state index contributed by atoms with van der Waals surface area (Å²) in [6.45, 7) is 2.53.